The largest absolute Gasteiger partial charge is 0.394 e. The van der Waals surface area contributed by atoms with Crippen LogP contribution in [0.25, 0.3) is 0 Å². The van der Waals surface area contributed by atoms with Crippen molar-refractivity contribution < 1.29 is 9.90 Å². The Morgan fingerprint density at radius 3 is 3.05 bits per heavy atom. The lowest BCUT2D eigenvalue weighted by atomic mass is 9.92. The lowest BCUT2D eigenvalue weighted by Gasteiger charge is -2.25. The molecule has 1 aromatic rings. The molecule has 0 aromatic carbocycles. The number of nitrogens with zero attached hydrogens (tertiary/aromatic N) is 2. The van der Waals surface area contributed by atoms with E-state index in [4.69, 9.17) is 10.8 Å². The van der Waals surface area contributed by atoms with E-state index in [0.717, 1.165) is 30.5 Å². The fourth-order valence-corrected chi connectivity index (χ4v) is 2.76. The zero-order chi connectivity index (χ0) is 15.5. The molecule has 4 N–H and O–H groups in total. The summed E-state index contributed by atoms with van der Waals surface area (Å²) in [6.45, 7) is 4.45. The van der Waals surface area contributed by atoms with Gasteiger partial charge in [0.2, 0.25) is 5.91 Å². The molecule has 118 valence electrons. The Hall–Kier alpha value is -1.40. The van der Waals surface area contributed by atoms with Crippen LogP contribution in [0.5, 0.6) is 0 Å². The minimum Gasteiger partial charge on any atom is -0.394 e. The Balaban J connectivity index is 1.98. The number of carbonyl (C=O) groups excluding carboxylic acids is 1. The monoisotopic (exact) mass is 294 g/mol. The fourth-order valence-electron chi connectivity index (χ4n) is 2.76. The molecule has 0 spiro atoms. The van der Waals surface area contributed by atoms with Crippen LogP contribution in [-0.4, -0.2) is 32.9 Å². The van der Waals surface area contributed by atoms with E-state index in [1.165, 1.54) is 0 Å². The van der Waals surface area contributed by atoms with Crippen LogP contribution in [-0.2, 0) is 17.8 Å². The number of nitrogens with two attached hydrogens (primary N) is 1. The molecule has 6 heteroatoms. The molecule has 0 saturated carbocycles. The first-order valence-corrected chi connectivity index (χ1v) is 7.64. The van der Waals surface area contributed by atoms with E-state index >= 15 is 0 Å². The Kier molecular flexibility index (Phi) is 5.00. The number of aliphatic hydroxyl groups excluding tert-OH is 1. The maximum Gasteiger partial charge on any atom is 0.220 e. The summed E-state index contributed by atoms with van der Waals surface area (Å²) < 4.78 is 1.84. The summed E-state index contributed by atoms with van der Waals surface area (Å²) in [5.74, 6) is 0.0429. The molecule has 1 aliphatic carbocycles. The van der Waals surface area contributed by atoms with Crippen molar-refractivity contribution in [2.45, 2.75) is 64.1 Å². The molecular formula is C15H26N4O2. The molecule has 1 amide bonds. The van der Waals surface area contributed by atoms with Crippen LogP contribution in [0.1, 0.15) is 56.8 Å². The smallest absolute Gasteiger partial charge is 0.220 e. The molecule has 1 atom stereocenters. The Labute approximate surface area is 125 Å². The van der Waals surface area contributed by atoms with Gasteiger partial charge in [0.25, 0.3) is 0 Å². The highest BCUT2D eigenvalue weighted by Crippen LogP contribution is 2.29. The quantitative estimate of drug-likeness (QED) is 0.726. The van der Waals surface area contributed by atoms with Crippen LogP contribution in [0.4, 0.5) is 0 Å². The van der Waals surface area contributed by atoms with Crippen LogP contribution >= 0.6 is 0 Å². The predicted octanol–water partition coefficient (Wildman–Crippen LogP) is 0.886. The lowest BCUT2D eigenvalue weighted by Crippen LogP contribution is -2.36. The topological polar surface area (TPSA) is 93.2 Å². The Morgan fingerprint density at radius 1 is 1.62 bits per heavy atom. The predicted molar refractivity (Wildman–Crippen MR) is 80.6 cm³/mol. The molecule has 1 aromatic heterocycles. The van der Waals surface area contributed by atoms with E-state index in [1.807, 2.05) is 24.7 Å². The maximum absolute atomic E-state index is 12.1. The number of hydrogen-bond donors (Lipinski definition) is 3. The zero-order valence-corrected chi connectivity index (χ0v) is 12.9. The minimum atomic E-state index is -0.318. The van der Waals surface area contributed by atoms with Gasteiger partial charge in [-0.2, -0.15) is 5.10 Å². The summed E-state index contributed by atoms with van der Waals surface area (Å²) in [4.78, 5) is 12.1. The maximum atomic E-state index is 12.1. The van der Waals surface area contributed by atoms with Gasteiger partial charge in [-0.25, -0.2) is 0 Å². The van der Waals surface area contributed by atoms with E-state index < -0.39 is 0 Å². The fraction of sp³-hybridized carbons (Fsp3) is 0.733. The van der Waals surface area contributed by atoms with E-state index in [0.29, 0.717) is 19.4 Å². The normalized spacial score (nSPS) is 18.4. The molecule has 0 radical (unpaired) electrons. The van der Waals surface area contributed by atoms with Crippen molar-refractivity contribution >= 4 is 5.91 Å². The van der Waals surface area contributed by atoms with E-state index in [-0.39, 0.29) is 24.1 Å². The van der Waals surface area contributed by atoms with Crippen LogP contribution in [0, 0.1) is 0 Å². The molecule has 1 aliphatic rings. The van der Waals surface area contributed by atoms with Crippen LogP contribution in [0.3, 0.4) is 0 Å². The molecule has 1 unspecified atom stereocenters. The second-order valence-electron chi connectivity index (χ2n) is 6.49. The van der Waals surface area contributed by atoms with Crippen LogP contribution in [0.2, 0.25) is 0 Å². The highest BCUT2D eigenvalue weighted by molar-refractivity contribution is 5.76. The van der Waals surface area contributed by atoms with E-state index in [1.54, 1.807) is 0 Å². The third-order valence-electron chi connectivity index (χ3n) is 3.91. The summed E-state index contributed by atoms with van der Waals surface area (Å²) in [7, 11) is 0. The van der Waals surface area contributed by atoms with Crippen LogP contribution < -0.4 is 11.1 Å². The summed E-state index contributed by atoms with van der Waals surface area (Å²) >= 11 is 0. The zero-order valence-electron chi connectivity index (χ0n) is 12.9. The highest BCUT2D eigenvalue weighted by atomic mass is 16.3. The van der Waals surface area contributed by atoms with Gasteiger partial charge in [0.15, 0.2) is 0 Å². The molecule has 21 heavy (non-hydrogen) atoms. The van der Waals surface area contributed by atoms with Gasteiger partial charge in [-0.15, -0.1) is 0 Å². The second-order valence-corrected chi connectivity index (χ2v) is 6.49. The molecule has 1 heterocycles. The van der Waals surface area contributed by atoms with Crippen molar-refractivity contribution in [1.82, 2.24) is 15.1 Å². The Morgan fingerprint density at radius 2 is 2.38 bits per heavy atom. The third-order valence-corrected chi connectivity index (χ3v) is 3.91. The molecule has 6 nitrogen and oxygen atoms in total. The molecule has 0 saturated heterocycles. The van der Waals surface area contributed by atoms with Gasteiger partial charge in [0.1, 0.15) is 0 Å². The lowest BCUT2D eigenvalue weighted by molar-refractivity contribution is -0.122. The van der Waals surface area contributed by atoms with Gasteiger partial charge in [-0.3, -0.25) is 9.48 Å². The summed E-state index contributed by atoms with van der Waals surface area (Å²) in [5, 5.41) is 16.5. The average molecular weight is 294 g/mol. The third kappa shape index (κ3) is 4.28. The summed E-state index contributed by atoms with van der Waals surface area (Å²) in [5.41, 5.74) is 7.83. The number of rotatable bonds is 6. The highest BCUT2D eigenvalue weighted by Gasteiger charge is 2.25. The minimum absolute atomic E-state index is 0.0366. The SMILES string of the molecule is CC(C)(N)CCC(=O)NC1CCCc2c1cnn2CCO. The van der Waals surface area contributed by atoms with Gasteiger partial charge in [0.05, 0.1) is 25.4 Å². The van der Waals surface area contributed by atoms with Crippen molar-refractivity contribution in [1.29, 1.82) is 0 Å². The first-order valence-electron chi connectivity index (χ1n) is 7.64. The van der Waals surface area contributed by atoms with E-state index in [2.05, 4.69) is 10.4 Å². The molecule has 0 fully saturated rings. The Bertz CT molecular complexity index is 490. The van der Waals surface area contributed by atoms with Gasteiger partial charge in [0, 0.05) is 23.2 Å². The van der Waals surface area contributed by atoms with Gasteiger partial charge < -0.3 is 16.2 Å². The van der Waals surface area contributed by atoms with Crippen molar-refractivity contribution in [3.05, 3.63) is 17.5 Å². The van der Waals surface area contributed by atoms with Crippen molar-refractivity contribution in [3.63, 3.8) is 0 Å². The number of aromatic nitrogens is 2. The number of hydrogen-bond acceptors (Lipinski definition) is 4. The van der Waals surface area contributed by atoms with Gasteiger partial charge in [-0.05, 0) is 39.5 Å². The van der Waals surface area contributed by atoms with Crippen molar-refractivity contribution in [3.8, 4) is 0 Å². The first-order chi connectivity index (χ1) is 9.90. The average Bonchev–Trinajstić information content (AvgIpc) is 2.81. The van der Waals surface area contributed by atoms with Crippen LogP contribution in [0.15, 0.2) is 6.20 Å². The number of carbonyl (C=O) groups is 1. The molecule has 0 bridgehead atoms. The molecular weight excluding hydrogens is 268 g/mol. The number of aliphatic hydroxyl groups is 1. The standard InChI is InChI=1S/C15H26N4O2/c1-15(2,16)7-6-14(21)18-12-4-3-5-13-11(12)10-17-19(13)8-9-20/h10,12,20H,3-9,16H2,1-2H3,(H,18,21). The number of fused-ring (bicyclic) bond motifs is 1. The van der Waals surface area contributed by atoms with Crippen molar-refractivity contribution in [2.24, 2.45) is 5.73 Å². The number of amides is 1. The van der Waals surface area contributed by atoms with Crippen molar-refractivity contribution in [2.75, 3.05) is 6.61 Å². The second kappa shape index (κ2) is 6.58. The van der Waals surface area contributed by atoms with E-state index in [9.17, 15) is 4.79 Å². The summed E-state index contributed by atoms with van der Waals surface area (Å²) in [6.07, 6.45) is 5.86. The summed E-state index contributed by atoms with van der Waals surface area (Å²) in [6, 6.07) is 0.0366. The molecule has 0 aliphatic heterocycles. The first kappa shape index (κ1) is 16.0. The van der Waals surface area contributed by atoms with Gasteiger partial charge in [-0.1, -0.05) is 0 Å². The van der Waals surface area contributed by atoms with Gasteiger partial charge >= 0.3 is 0 Å². The molecule has 2 rings (SSSR count). The number of nitrogens with one attached hydrogen (secondary N) is 1.